The highest BCUT2D eigenvalue weighted by Crippen LogP contribution is 2.31. The maximum atomic E-state index is 13.1. The summed E-state index contributed by atoms with van der Waals surface area (Å²) in [6.45, 7) is 5.98. The zero-order valence-corrected chi connectivity index (χ0v) is 18.2. The molecular weight excluding hydrogens is 426 g/mol. The van der Waals surface area contributed by atoms with E-state index in [0.29, 0.717) is 0 Å². The topological polar surface area (TPSA) is 167 Å². The minimum Gasteiger partial charge on any atom is -0.463 e. The summed E-state index contributed by atoms with van der Waals surface area (Å²) in [5, 5.41) is 22.9. The second-order valence-corrected chi connectivity index (χ2v) is 7.73. The molecule has 1 amide bonds. The molecule has 0 unspecified atom stereocenters. The Hall–Kier alpha value is -2.87. The summed E-state index contributed by atoms with van der Waals surface area (Å²) in [6.07, 6.45) is -2.76. The van der Waals surface area contributed by atoms with E-state index >= 15 is 0 Å². The van der Waals surface area contributed by atoms with Crippen molar-refractivity contribution < 1.29 is 34.0 Å². The third kappa shape index (κ3) is 4.80. The lowest BCUT2D eigenvalue weighted by Gasteiger charge is -2.18. The molecule has 0 saturated carbocycles. The number of carbonyl (C=O) groups is 2. The fourth-order valence-electron chi connectivity index (χ4n) is 3.11. The van der Waals surface area contributed by atoms with Gasteiger partial charge in [-0.3, -0.25) is 28.8 Å². The number of hydrogen-bond donors (Lipinski definition) is 3. The Bertz CT molecular complexity index is 1050. The molecule has 0 aromatic carbocycles. The predicted molar refractivity (Wildman–Crippen MR) is 109 cm³/mol. The standard InChI is InChI=1S/C19H27N5O8/c1-9(2)16(28)22-19-21-15-12(17(29)24(19)8-30-5-6-31-11(4)25)20-7-23(15)18-14(27)13(26)10(3)32-18/h7,9-10,13-14,18,26-27H,5-6,8H2,1-4H3,(H,21,22,28)/t10-,13-,14-,18-/m1/s1. The summed E-state index contributed by atoms with van der Waals surface area (Å²) in [6, 6.07) is 0. The van der Waals surface area contributed by atoms with Crippen LogP contribution in [0.3, 0.4) is 0 Å². The number of nitrogens with zero attached hydrogens (tertiary/aromatic N) is 4. The largest absolute Gasteiger partial charge is 0.463 e. The first-order valence-corrected chi connectivity index (χ1v) is 10.1. The van der Waals surface area contributed by atoms with Crippen LogP contribution in [0.4, 0.5) is 5.95 Å². The maximum Gasteiger partial charge on any atom is 0.302 e. The van der Waals surface area contributed by atoms with Gasteiger partial charge >= 0.3 is 5.97 Å². The summed E-state index contributed by atoms with van der Waals surface area (Å²) in [5.74, 6) is -1.31. The van der Waals surface area contributed by atoms with E-state index in [0.717, 1.165) is 4.57 Å². The number of ether oxygens (including phenoxy) is 3. The number of aliphatic hydroxyl groups is 2. The van der Waals surface area contributed by atoms with Crippen molar-refractivity contribution in [1.29, 1.82) is 0 Å². The van der Waals surface area contributed by atoms with Gasteiger partial charge < -0.3 is 24.4 Å². The average molecular weight is 453 g/mol. The van der Waals surface area contributed by atoms with Crippen LogP contribution in [-0.4, -0.2) is 72.7 Å². The highest BCUT2D eigenvalue weighted by molar-refractivity contribution is 5.91. The molecule has 0 radical (unpaired) electrons. The molecule has 2 aromatic heterocycles. The minimum absolute atomic E-state index is 0.000508. The van der Waals surface area contributed by atoms with Gasteiger partial charge in [-0.25, -0.2) is 4.98 Å². The van der Waals surface area contributed by atoms with Gasteiger partial charge in [0.1, 0.15) is 25.5 Å². The number of carbonyl (C=O) groups excluding carboxylic acids is 2. The maximum absolute atomic E-state index is 13.1. The zero-order chi connectivity index (χ0) is 23.6. The van der Waals surface area contributed by atoms with Crippen LogP contribution in [0.2, 0.25) is 0 Å². The molecule has 3 heterocycles. The van der Waals surface area contributed by atoms with E-state index in [9.17, 15) is 24.6 Å². The summed E-state index contributed by atoms with van der Waals surface area (Å²) in [7, 11) is 0. The first-order chi connectivity index (χ1) is 15.1. The van der Waals surface area contributed by atoms with Crippen LogP contribution < -0.4 is 10.9 Å². The van der Waals surface area contributed by atoms with E-state index in [1.54, 1.807) is 20.8 Å². The van der Waals surface area contributed by atoms with Gasteiger partial charge in [-0.1, -0.05) is 13.8 Å². The summed E-state index contributed by atoms with van der Waals surface area (Å²) >= 11 is 0. The summed E-state index contributed by atoms with van der Waals surface area (Å²) in [5.41, 5.74) is -0.571. The van der Waals surface area contributed by atoms with Crippen molar-refractivity contribution in [3.05, 3.63) is 16.7 Å². The molecule has 32 heavy (non-hydrogen) atoms. The Labute approximate surface area is 182 Å². The fraction of sp³-hybridized carbons (Fsp3) is 0.632. The van der Waals surface area contributed by atoms with E-state index in [2.05, 4.69) is 15.3 Å². The lowest BCUT2D eigenvalue weighted by Crippen LogP contribution is -2.31. The van der Waals surface area contributed by atoms with Gasteiger partial charge in [0, 0.05) is 12.8 Å². The molecule has 13 heteroatoms. The fourth-order valence-corrected chi connectivity index (χ4v) is 3.11. The molecule has 0 bridgehead atoms. The number of hydrogen-bond acceptors (Lipinski definition) is 10. The van der Waals surface area contributed by atoms with Crippen molar-refractivity contribution >= 4 is 29.0 Å². The Morgan fingerprint density at radius 3 is 2.59 bits per heavy atom. The van der Waals surface area contributed by atoms with Gasteiger partial charge in [-0.2, -0.15) is 4.98 Å². The first kappa shape index (κ1) is 23.8. The van der Waals surface area contributed by atoms with Crippen LogP contribution >= 0.6 is 0 Å². The van der Waals surface area contributed by atoms with E-state index < -0.39 is 36.1 Å². The molecule has 176 valence electrons. The number of aromatic nitrogens is 4. The number of rotatable bonds is 8. The van der Waals surface area contributed by atoms with Crippen molar-refractivity contribution in [3.8, 4) is 0 Å². The van der Waals surface area contributed by atoms with Crippen LogP contribution in [0.25, 0.3) is 11.2 Å². The Kier molecular flexibility index (Phi) is 7.23. The van der Waals surface area contributed by atoms with Crippen LogP contribution in [-0.2, 0) is 30.5 Å². The zero-order valence-electron chi connectivity index (χ0n) is 18.2. The molecule has 0 spiro atoms. The predicted octanol–water partition coefficient (Wildman–Crippen LogP) is -0.636. The molecule has 2 aromatic rings. The number of aliphatic hydroxyl groups excluding tert-OH is 2. The third-order valence-electron chi connectivity index (χ3n) is 4.95. The number of fused-ring (bicyclic) bond motifs is 1. The van der Waals surface area contributed by atoms with Crippen molar-refractivity contribution in [2.24, 2.45) is 5.92 Å². The van der Waals surface area contributed by atoms with Crippen molar-refractivity contribution in [2.45, 2.75) is 59.0 Å². The molecule has 13 nitrogen and oxygen atoms in total. The van der Waals surface area contributed by atoms with Gasteiger partial charge in [0.15, 0.2) is 17.4 Å². The van der Waals surface area contributed by atoms with E-state index in [4.69, 9.17) is 14.2 Å². The van der Waals surface area contributed by atoms with Gasteiger partial charge in [0.05, 0.1) is 19.0 Å². The first-order valence-electron chi connectivity index (χ1n) is 10.1. The Balaban J connectivity index is 1.97. The molecular formula is C19H27N5O8. The highest BCUT2D eigenvalue weighted by atomic mass is 16.6. The Morgan fingerprint density at radius 1 is 1.28 bits per heavy atom. The highest BCUT2D eigenvalue weighted by Gasteiger charge is 2.42. The van der Waals surface area contributed by atoms with E-state index in [1.165, 1.54) is 17.8 Å². The van der Waals surface area contributed by atoms with Crippen LogP contribution in [0.15, 0.2) is 11.1 Å². The summed E-state index contributed by atoms with van der Waals surface area (Å²) < 4.78 is 18.2. The lowest BCUT2D eigenvalue weighted by atomic mass is 10.1. The SMILES string of the molecule is CC(=O)OCCOCn1c(NC(=O)C(C)C)nc2c(ncn2[C@@H]2O[C@H](C)[C@@H](O)[C@H]2O)c1=O. The quantitative estimate of drug-likeness (QED) is 0.346. The number of nitrogens with one attached hydrogen (secondary N) is 1. The molecule has 1 saturated heterocycles. The van der Waals surface area contributed by atoms with Crippen molar-refractivity contribution in [3.63, 3.8) is 0 Å². The molecule has 3 rings (SSSR count). The van der Waals surface area contributed by atoms with E-state index in [1.807, 2.05) is 0 Å². The number of amides is 1. The van der Waals surface area contributed by atoms with Gasteiger partial charge in [0.2, 0.25) is 11.9 Å². The number of esters is 1. The number of imidazole rings is 1. The number of anilines is 1. The van der Waals surface area contributed by atoms with Gasteiger partial charge in [0.25, 0.3) is 5.56 Å². The lowest BCUT2D eigenvalue weighted by molar-refractivity contribution is -0.143. The molecule has 1 aliphatic heterocycles. The van der Waals surface area contributed by atoms with Gasteiger partial charge in [-0.15, -0.1) is 0 Å². The molecule has 1 fully saturated rings. The smallest absolute Gasteiger partial charge is 0.302 e. The Morgan fingerprint density at radius 2 is 2.00 bits per heavy atom. The van der Waals surface area contributed by atoms with Crippen LogP contribution in [0, 0.1) is 5.92 Å². The second-order valence-electron chi connectivity index (χ2n) is 7.73. The summed E-state index contributed by atoms with van der Waals surface area (Å²) in [4.78, 5) is 44.7. The van der Waals surface area contributed by atoms with Crippen molar-refractivity contribution in [1.82, 2.24) is 19.1 Å². The third-order valence-corrected chi connectivity index (χ3v) is 4.95. The van der Waals surface area contributed by atoms with Gasteiger partial charge in [-0.05, 0) is 6.92 Å². The average Bonchev–Trinajstić information content (AvgIpc) is 3.25. The molecule has 3 N–H and O–H groups in total. The molecule has 4 atom stereocenters. The molecule has 1 aliphatic rings. The molecule has 0 aliphatic carbocycles. The normalized spacial score (nSPS) is 23.1. The van der Waals surface area contributed by atoms with Crippen LogP contribution in [0.1, 0.15) is 33.9 Å². The van der Waals surface area contributed by atoms with Crippen LogP contribution in [0.5, 0.6) is 0 Å². The minimum atomic E-state index is -1.26. The second kappa shape index (κ2) is 9.73. The monoisotopic (exact) mass is 453 g/mol. The van der Waals surface area contributed by atoms with E-state index in [-0.39, 0.29) is 48.9 Å². The van der Waals surface area contributed by atoms with Crippen molar-refractivity contribution in [2.75, 3.05) is 18.5 Å².